The molecule has 0 spiro atoms. The van der Waals surface area contributed by atoms with Gasteiger partial charge in [-0.15, -0.1) is 0 Å². The molecule has 0 saturated carbocycles. The third-order valence-corrected chi connectivity index (χ3v) is 3.05. The Labute approximate surface area is 93.8 Å². The zero-order chi connectivity index (χ0) is 10.4. The van der Waals surface area contributed by atoms with E-state index in [2.05, 4.69) is 16.4 Å². The molecule has 1 rings (SSSR count). The molecule has 2 nitrogen and oxygen atoms in total. The average molecular weight is 229 g/mol. The molecule has 76 valence electrons. The van der Waals surface area contributed by atoms with E-state index in [1.165, 1.54) is 5.56 Å². The van der Waals surface area contributed by atoms with Crippen molar-refractivity contribution in [2.45, 2.75) is 5.75 Å². The van der Waals surface area contributed by atoms with Crippen molar-refractivity contribution < 1.29 is 0 Å². The quantitative estimate of drug-likeness (QED) is 0.622. The van der Waals surface area contributed by atoms with Gasteiger partial charge < -0.3 is 5.32 Å². The minimum Gasteiger partial charge on any atom is -0.368 e. The van der Waals surface area contributed by atoms with Crippen LogP contribution < -0.4 is 5.32 Å². The lowest BCUT2D eigenvalue weighted by Crippen LogP contribution is -2.13. The van der Waals surface area contributed by atoms with Crippen molar-refractivity contribution in [3.05, 3.63) is 34.9 Å². The second kappa shape index (κ2) is 5.94. The Bertz CT molecular complexity index is 326. The first-order valence-electron chi connectivity index (χ1n) is 4.28. The van der Waals surface area contributed by atoms with E-state index in [1.54, 1.807) is 18.8 Å². The van der Waals surface area contributed by atoms with Crippen LogP contribution in [0.4, 0.5) is 0 Å². The molecule has 0 fully saturated rings. The third-order valence-electron chi connectivity index (χ3n) is 1.68. The van der Waals surface area contributed by atoms with Gasteiger partial charge in [-0.3, -0.25) is 4.99 Å². The molecule has 0 amide bonds. The molecule has 14 heavy (non-hydrogen) atoms. The van der Waals surface area contributed by atoms with Crippen LogP contribution in [0.25, 0.3) is 0 Å². The summed E-state index contributed by atoms with van der Waals surface area (Å²) in [5.74, 6) is 0.883. The molecule has 1 aromatic carbocycles. The number of aliphatic imine (C=N–C) groups is 1. The SMILES string of the molecule is CN=C(NC)SCc1cccc(Cl)c1. The maximum Gasteiger partial charge on any atom is 0.156 e. The number of amidine groups is 1. The van der Waals surface area contributed by atoms with Gasteiger partial charge >= 0.3 is 0 Å². The number of hydrogen-bond donors (Lipinski definition) is 1. The van der Waals surface area contributed by atoms with Crippen LogP contribution in [0.1, 0.15) is 5.56 Å². The summed E-state index contributed by atoms with van der Waals surface area (Å²) in [5.41, 5.74) is 1.21. The Kier molecular flexibility index (Phi) is 4.84. The van der Waals surface area contributed by atoms with E-state index in [9.17, 15) is 0 Å². The summed E-state index contributed by atoms with van der Waals surface area (Å²) in [6, 6.07) is 7.86. The summed E-state index contributed by atoms with van der Waals surface area (Å²) in [5, 5.41) is 4.73. The molecule has 0 saturated heterocycles. The van der Waals surface area contributed by atoms with Crippen molar-refractivity contribution in [3.8, 4) is 0 Å². The summed E-state index contributed by atoms with van der Waals surface area (Å²) in [6.07, 6.45) is 0. The second-order valence-electron chi connectivity index (χ2n) is 2.70. The van der Waals surface area contributed by atoms with Gasteiger partial charge in [0.2, 0.25) is 0 Å². The number of halogens is 1. The molecule has 1 N–H and O–H groups in total. The molecular formula is C10H13ClN2S. The second-order valence-corrected chi connectivity index (χ2v) is 4.10. The number of nitrogens with zero attached hydrogens (tertiary/aromatic N) is 1. The molecule has 0 bridgehead atoms. The number of benzene rings is 1. The number of thioether (sulfide) groups is 1. The molecule has 0 atom stereocenters. The summed E-state index contributed by atoms with van der Waals surface area (Å²) in [6.45, 7) is 0. The van der Waals surface area contributed by atoms with Crippen LogP contribution in [0.2, 0.25) is 5.02 Å². The fourth-order valence-corrected chi connectivity index (χ4v) is 2.00. The number of rotatable bonds is 2. The fraction of sp³-hybridized carbons (Fsp3) is 0.300. The normalized spacial score (nSPS) is 11.5. The van der Waals surface area contributed by atoms with Crippen LogP contribution in [0.3, 0.4) is 0 Å². The maximum absolute atomic E-state index is 5.87. The molecule has 4 heteroatoms. The van der Waals surface area contributed by atoms with Gasteiger partial charge in [0, 0.05) is 24.9 Å². The van der Waals surface area contributed by atoms with E-state index < -0.39 is 0 Å². The van der Waals surface area contributed by atoms with Crippen molar-refractivity contribution in [3.63, 3.8) is 0 Å². The van der Waals surface area contributed by atoms with Gasteiger partial charge in [-0.2, -0.15) is 0 Å². The molecule has 0 aliphatic rings. The van der Waals surface area contributed by atoms with Crippen LogP contribution in [0.15, 0.2) is 29.3 Å². The van der Waals surface area contributed by atoms with Crippen LogP contribution in [-0.4, -0.2) is 19.3 Å². The lowest BCUT2D eigenvalue weighted by Gasteiger charge is -2.04. The van der Waals surface area contributed by atoms with Crippen molar-refractivity contribution in [2.75, 3.05) is 14.1 Å². The highest BCUT2D eigenvalue weighted by molar-refractivity contribution is 8.13. The Hall–Kier alpha value is -0.670. The summed E-state index contributed by atoms with van der Waals surface area (Å²) >= 11 is 7.54. The monoisotopic (exact) mass is 228 g/mol. The van der Waals surface area contributed by atoms with E-state index >= 15 is 0 Å². The molecule has 0 radical (unpaired) electrons. The molecular weight excluding hydrogens is 216 g/mol. The van der Waals surface area contributed by atoms with Gasteiger partial charge in [0.05, 0.1) is 0 Å². The topological polar surface area (TPSA) is 24.4 Å². The Morgan fingerprint density at radius 2 is 2.36 bits per heavy atom. The third kappa shape index (κ3) is 3.60. The largest absolute Gasteiger partial charge is 0.368 e. The van der Waals surface area contributed by atoms with E-state index in [4.69, 9.17) is 11.6 Å². The summed E-state index contributed by atoms with van der Waals surface area (Å²) < 4.78 is 0. The molecule has 0 unspecified atom stereocenters. The van der Waals surface area contributed by atoms with Crippen LogP contribution >= 0.6 is 23.4 Å². The minimum absolute atomic E-state index is 0.780. The van der Waals surface area contributed by atoms with E-state index in [-0.39, 0.29) is 0 Å². The molecule has 0 aliphatic carbocycles. The minimum atomic E-state index is 0.780. The number of hydrogen-bond acceptors (Lipinski definition) is 2. The van der Waals surface area contributed by atoms with Crippen LogP contribution in [-0.2, 0) is 5.75 Å². The molecule has 0 heterocycles. The highest BCUT2D eigenvalue weighted by Gasteiger charge is 1.98. The zero-order valence-corrected chi connectivity index (χ0v) is 9.82. The van der Waals surface area contributed by atoms with E-state index in [1.807, 2.05) is 25.2 Å². The Balaban J connectivity index is 2.53. The zero-order valence-electron chi connectivity index (χ0n) is 8.25. The van der Waals surface area contributed by atoms with Crippen molar-refractivity contribution in [1.29, 1.82) is 0 Å². The van der Waals surface area contributed by atoms with Gasteiger partial charge in [-0.25, -0.2) is 0 Å². The first-order valence-corrected chi connectivity index (χ1v) is 5.64. The maximum atomic E-state index is 5.87. The fourth-order valence-electron chi connectivity index (χ4n) is 1.03. The van der Waals surface area contributed by atoms with Crippen molar-refractivity contribution in [2.24, 2.45) is 4.99 Å². The number of nitrogens with one attached hydrogen (secondary N) is 1. The standard InChI is InChI=1S/C10H13ClN2S/c1-12-10(13-2)14-7-8-4-3-5-9(11)6-8/h3-6H,7H2,1-2H3,(H,12,13). The lowest BCUT2D eigenvalue weighted by molar-refractivity contribution is 1.18. The Morgan fingerprint density at radius 3 is 2.93 bits per heavy atom. The molecule has 0 aliphatic heterocycles. The summed E-state index contributed by atoms with van der Waals surface area (Å²) in [7, 11) is 3.64. The van der Waals surface area contributed by atoms with E-state index in [0.29, 0.717) is 0 Å². The van der Waals surface area contributed by atoms with Gasteiger partial charge in [-0.05, 0) is 17.7 Å². The van der Waals surface area contributed by atoms with Gasteiger partial charge in [-0.1, -0.05) is 35.5 Å². The first-order chi connectivity index (χ1) is 6.76. The van der Waals surface area contributed by atoms with Crippen molar-refractivity contribution in [1.82, 2.24) is 5.32 Å². The molecule has 0 aromatic heterocycles. The average Bonchev–Trinajstić information content (AvgIpc) is 2.19. The van der Waals surface area contributed by atoms with Crippen LogP contribution in [0.5, 0.6) is 0 Å². The van der Waals surface area contributed by atoms with Gasteiger partial charge in [0.15, 0.2) is 5.17 Å². The highest BCUT2D eigenvalue weighted by atomic mass is 35.5. The first kappa shape index (κ1) is 11.4. The lowest BCUT2D eigenvalue weighted by atomic mass is 10.2. The predicted octanol–water partition coefficient (Wildman–Crippen LogP) is 2.78. The van der Waals surface area contributed by atoms with Crippen LogP contribution in [0, 0.1) is 0 Å². The van der Waals surface area contributed by atoms with Gasteiger partial charge in [0.1, 0.15) is 0 Å². The predicted molar refractivity (Wildman–Crippen MR) is 65.2 cm³/mol. The highest BCUT2D eigenvalue weighted by Crippen LogP contribution is 2.16. The van der Waals surface area contributed by atoms with E-state index in [0.717, 1.165) is 15.9 Å². The smallest absolute Gasteiger partial charge is 0.156 e. The summed E-state index contributed by atoms with van der Waals surface area (Å²) in [4.78, 5) is 4.08. The molecule has 1 aromatic rings. The van der Waals surface area contributed by atoms with Crippen molar-refractivity contribution >= 4 is 28.5 Å². The van der Waals surface area contributed by atoms with Gasteiger partial charge in [0.25, 0.3) is 0 Å². The Morgan fingerprint density at radius 1 is 1.57 bits per heavy atom.